The van der Waals surface area contributed by atoms with E-state index < -0.39 is 0 Å². The molecular formula is C14H16ClN3OS. The van der Waals surface area contributed by atoms with E-state index in [4.69, 9.17) is 11.6 Å². The molecule has 0 unspecified atom stereocenters. The standard InChI is InChI=1S/C14H16ClN3OS/c1-9-17-11(8-20-9)7-16-13-6-10(4-5-12(13)15)14(19)18(2)3/h4-6,8,16H,7H2,1-3H3. The van der Waals surface area contributed by atoms with Crippen molar-refractivity contribution < 1.29 is 4.79 Å². The molecule has 0 aliphatic heterocycles. The highest BCUT2D eigenvalue weighted by atomic mass is 35.5. The second-order valence-corrected chi connectivity index (χ2v) is 6.08. The van der Waals surface area contributed by atoms with Gasteiger partial charge in [0.15, 0.2) is 0 Å². The molecule has 1 aromatic carbocycles. The number of aromatic nitrogens is 1. The van der Waals surface area contributed by atoms with Gasteiger partial charge >= 0.3 is 0 Å². The number of benzene rings is 1. The fourth-order valence-corrected chi connectivity index (χ4v) is 2.52. The smallest absolute Gasteiger partial charge is 0.253 e. The monoisotopic (exact) mass is 309 g/mol. The fourth-order valence-electron chi connectivity index (χ4n) is 1.73. The Morgan fingerprint density at radius 2 is 2.20 bits per heavy atom. The van der Waals surface area contributed by atoms with E-state index in [0.717, 1.165) is 16.4 Å². The average Bonchev–Trinajstić information content (AvgIpc) is 2.82. The number of rotatable bonds is 4. The van der Waals surface area contributed by atoms with E-state index in [9.17, 15) is 4.79 Å². The van der Waals surface area contributed by atoms with Crippen LogP contribution in [0.5, 0.6) is 0 Å². The number of anilines is 1. The van der Waals surface area contributed by atoms with E-state index in [1.807, 2.05) is 12.3 Å². The second-order valence-electron chi connectivity index (χ2n) is 4.61. The van der Waals surface area contributed by atoms with Gasteiger partial charge in [0.1, 0.15) is 0 Å². The number of halogens is 1. The Bertz CT molecular complexity index is 625. The molecule has 0 radical (unpaired) electrons. The van der Waals surface area contributed by atoms with Gasteiger partial charge in [-0.2, -0.15) is 0 Å². The van der Waals surface area contributed by atoms with Gasteiger partial charge in [-0.05, 0) is 25.1 Å². The molecule has 106 valence electrons. The first-order valence-electron chi connectivity index (χ1n) is 6.13. The lowest BCUT2D eigenvalue weighted by Crippen LogP contribution is -2.21. The molecule has 4 nitrogen and oxygen atoms in total. The van der Waals surface area contributed by atoms with Crippen molar-refractivity contribution in [1.82, 2.24) is 9.88 Å². The highest BCUT2D eigenvalue weighted by molar-refractivity contribution is 7.09. The van der Waals surface area contributed by atoms with Crippen LogP contribution in [0.25, 0.3) is 0 Å². The Hall–Kier alpha value is -1.59. The van der Waals surface area contributed by atoms with Crippen LogP contribution in [0.3, 0.4) is 0 Å². The molecule has 0 aliphatic carbocycles. The summed E-state index contributed by atoms with van der Waals surface area (Å²) in [7, 11) is 3.45. The van der Waals surface area contributed by atoms with Crippen LogP contribution >= 0.6 is 22.9 Å². The summed E-state index contributed by atoms with van der Waals surface area (Å²) in [6.07, 6.45) is 0. The number of carbonyl (C=O) groups excluding carboxylic acids is 1. The molecule has 0 aliphatic rings. The Kier molecular flexibility index (Phi) is 4.62. The zero-order valence-electron chi connectivity index (χ0n) is 11.6. The van der Waals surface area contributed by atoms with E-state index in [1.54, 1.807) is 43.6 Å². The van der Waals surface area contributed by atoms with Gasteiger partial charge in [-0.3, -0.25) is 4.79 Å². The van der Waals surface area contributed by atoms with Crippen LogP contribution in [0.4, 0.5) is 5.69 Å². The Morgan fingerprint density at radius 1 is 1.45 bits per heavy atom. The first-order valence-corrected chi connectivity index (χ1v) is 7.39. The molecule has 2 rings (SSSR count). The summed E-state index contributed by atoms with van der Waals surface area (Å²) in [5.41, 5.74) is 2.31. The van der Waals surface area contributed by atoms with Crippen molar-refractivity contribution in [2.75, 3.05) is 19.4 Å². The lowest BCUT2D eigenvalue weighted by Gasteiger charge is -2.13. The number of aryl methyl sites for hydroxylation is 1. The van der Waals surface area contributed by atoms with Crippen LogP contribution in [-0.2, 0) is 6.54 Å². The van der Waals surface area contributed by atoms with Crippen molar-refractivity contribution in [3.63, 3.8) is 0 Å². The lowest BCUT2D eigenvalue weighted by atomic mass is 10.2. The summed E-state index contributed by atoms with van der Waals surface area (Å²) in [5.74, 6) is -0.0470. The van der Waals surface area contributed by atoms with E-state index in [1.165, 1.54) is 4.90 Å². The summed E-state index contributed by atoms with van der Waals surface area (Å²) in [5, 5.41) is 6.85. The molecule has 1 aromatic heterocycles. The number of thiazole rings is 1. The van der Waals surface area contributed by atoms with Gasteiger partial charge in [0.2, 0.25) is 0 Å². The lowest BCUT2D eigenvalue weighted by molar-refractivity contribution is 0.0827. The van der Waals surface area contributed by atoms with Gasteiger partial charge in [0.25, 0.3) is 5.91 Å². The third-order valence-electron chi connectivity index (χ3n) is 2.75. The van der Waals surface area contributed by atoms with Crippen molar-refractivity contribution >= 4 is 34.5 Å². The molecule has 20 heavy (non-hydrogen) atoms. The molecule has 0 saturated carbocycles. The summed E-state index contributed by atoms with van der Waals surface area (Å²) in [4.78, 5) is 17.8. The maximum Gasteiger partial charge on any atom is 0.253 e. The molecule has 0 saturated heterocycles. The highest BCUT2D eigenvalue weighted by Crippen LogP contribution is 2.24. The van der Waals surface area contributed by atoms with Crippen molar-refractivity contribution in [2.24, 2.45) is 0 Å². The quantitative estimate of drug-likeness (QED) is 0.941. The first-order chi connectivity index (χ1) is 9.47. The average molecular weight is 310 g/mol. The number of nitrogens with zero attached hydrogens (tertiary/aromatic N) is 2. The molecule has 1 N–H and O–H groups in total. The number of hydrogen-bond acceptors (Lipinski definition) is 4. The van der Waals surface area contributed by atoms with Crippen LogP contribution < -0.4 is 5.32 Å². The zero-order chi connectivity index (χ0) is 14.7. The number of hydrogen-bond donors (Lipinski definition) is 1. The predicted octanol–water partition coefficient (Wildman–Crippen LogP) is 3.42. The zero-order valence-corrected chi connectivity index (χ0v) is 13.2. The van der Waals surface area contributed by atoms with Crippen molar-refractivity contribution in [2.45, 2.75) is 13.5 Å². The molecule has 2 aromatic rings. The normalized spacial score (nSPS) is 10.4. The molecule has 0 fully saturated rings. The van der Waals surface area contributed by atoms with E-state index in [0.29, 0.717) is 17.1 Å². The summed E-state index contributed by atoms with van der Waals surface area (Å²) in [6, 6.07) is 5.22. The third-order valence-corrected chi connectivity index (χ3v) is 3.90. The molecule has 1 amide bonds. The molecule has 1 heterocycles. The van der Waals surface area contributed by atoms with Crippen LogP contribution in [0, 0.1) is 6.92 Å². The molecule has 0 spiro atoms. The van der Waals surface area contributed by atoms with Crippen molar-refractivity contribution in [1.29, 1.82) is 0 Å². The van der Waals surface area contributed by atoms with Gasteiger partial charge in [-0.1, -0.05) is 11.6 Å². The minimum Gasteiger partial charge on any atom is -0.378 e. The Labute approximate surface area is 127 Å². The fraction of sp³-hybridized carbons (Fsp3) is 0.286. The van der Waals surface area contributed by atoms with Crippen LogP contribution in [0.2, 0.25) is 5.02 Å². The summed E-state index contributed by atoms with van der Waals surface area (Å²) < 4.78 is 0. The van der Waals surface area contributed by atoms with E-state index in [2.05, 4.69) is 10.3 Å². The highest BCUT2D eigenvalue weighted by Gasteiger charge is 2.10. The van der Waals surface area contributed by atoms with Crippen LogP contribution in [0.15, 0.2) is 23.6 Å². The number of amides is 1. The third kappa shape index (κ3) is 3.49. The van der Waals surface area contributed by atoms with E-state index >= 15 is 0 Å². The Morgan fingerprint density at radius 3 is 2.80 bits per heavy atom. The van der Waals surface area contributed by atoms with Crippen LogP contribution in [0.1, 0.15) is 21.1 Å². The van der Waals surface area contributed by atoms with Gasteiger partial charge in [-0.15, -0.1) is 11.3 Å². The first kappa shape index (κ1) is 14.8. The minimum atomic E-state index is -0.0470. The van der Waals surface area contributed by atoms with Crippen molar-refractivity contribution in [3.8, 4) is 0 Å². The molecule has 0 atom stereocenters. The Balaban J connectivity index is 2.14. The van der Waals surface area contributed by atoms with Gasteiger partial charge in [0.05, 0.1) is 28.0 Å². The van der Waals surface area contributed by atoms with Gasteiger partial charge in [-0.25, -0.2) is 4.98 Å². The number of nitrogens with one attached hydrogen (secondary N) is 1. The topological polar surface area (TPSA) is 45.2 Å². The SMILES string of the molecule is Cc1nc(CNc2cc(C(=O)N(C)C)ccc2Cl)cs1. The number of carbonyl (C=O) groups is 1. The predicted molar refractivity (Wildman–Crippen MR) is 83.6 cm³/mol. The maximum atomic E-state index is 11.9. The maximum absolute atomic E-state index is 11.9. The molecular weight excluding hydrogens is 294 g/mol. The van der Waals surface area contributed by atoms with E-state index in [-0.39, 0.29) is 5.91 Å². The van der Waals surface area contributed by atoms with Crippen molar-refractivity contribution in [3.05, 3.63) is 44.9 Å². The largest absolute Gasteiger partial charge is 0.378 e. The molecule has 6 heteroatoms. The summed E-state index contributed by atoms with van der Waals surface area (Å²) >= 11 is 7.76. The van der Waals surface area contributed by atoms with Gasteiger partial charge in [0, 0.05) is 25.0 Å². The minimum absolute atomic E-state index is 0.0470. The van der Waals surface area contributed by atoms with Crippen LogP contribution in [-0.4, -0.2) is 29.9 Å². The molecule has 0 bridgehead atoms. The summed E-state index contributed by atoms with van der Waals surface area (Å²) in [6.45, 7) is 2.56. The van der Waals surface area contributed by atoms with Gasteiger partial charge < -0.3 is 10.2 Å². The second kappa shape index (κ2) is 6.24.